The Morgan fingerprint density at radius 1 is 1.03 bits per heavy atom. The minimum Gasteiger partial charge on any atom is -0.358 e. The van der Waals surface area contributed by atoms with Gasteiger partial charge in [-0.2, -0.15) is 0 Å². The maximum atomic E-state index is 13.4. The highest BCUT2D eigenvalue weighted by Crippen LogP contribution is 2.23. The minimum atomic E-state index is 0.000894. The van der Waals surface area contributed by atoms with E-state index in [1.807, 2.05) is 71.9 Å². The van der Waals surface area contributed by atoms with Crippen molar-refractivity contribution in [2.24, 2.45) is 0 Å². The number of carbonyl (C=O) groups is 1. The van der Waals surface area contributed by atoms with Crippen LogP contribution in [-0.4, -0.2) is 47.0 Å². The van der Waals surface area contributed by atoms with Gasteiger partial charge in [0, 0.05) is 56.7 Å². The van der Waals surface area contributed by atoms with Gasteiger partial charge < -0.3 is 15.1 Å². The number of anilines is 1. The third-order valence-electron chi connectivity index (χ3n) is 5.18. The van der Waals surface area contributed by atoms with Gasteiger partial charge in [0.25, 0.3) is 0 Å². The highest BCUT2D eigenvalue weighted by Gasteiger charge is 2.29. The van der Waals surface area contributed by atoms with Gasteiger partial charge in [-0.1, -0.05) is 30.3 Å². The number of rotatable bonds is 6. The number of benzene rings is 1. The molecule has 1 aliphatic heterocycles. The molecule has 6 nitrogen and oxygen atoms in total. The lowest BCUT2D eigenvalue weighted by molar-refractivity contribution is -0.133. The number of amides is 1. The van der Waals surface area contributed by atoms with Crippen molar-refractivity contribution >= 4 is 11.6 Å². The van der Waals surface area contributed by atoms with Crippen LogP contribution in [0.1, 0.15) is 17.2 Å². The van der Waals surface area contributed by atoms with Crippen LogP contribution in [0.5, 0.6) is 0 Å². The number of pyridine rings is 2. The largest absolute Gasteiger partial charge is 0.358 e. The fourth-order valence-corrected chi connectivity index (χ4v) is 3.72. The Morgan fingerprint density at radius 3 is 2.55 bits per heavy atom. The first-order chi connectivity index (χ1) is 14.3. The molecule has 2 aromatic heterocycles. The highest BCUT2D eigenvalue weighted by molar-refractivity contribution is 5.82. The molecule has 6 heteroatoms. The molecule has 1 aliphatic rings. The van der Waals surface area contributed by atoms with E-state index < -0.39 is 0 Å². The maximum absolute atomic E-state index is 13.4. The summed E-state index contributed by atoms with van der Waals surface area (Å²) in [6.07, 6.45) is 7.23. The van der Waals surface area contributed by atoms with Gasteiger partial charge in [0.15, 0.2) is 0 Å². The number of aromatic nitrogens is 2. The third-order valence-corrected chi connectivity index (χ3v) is 5.18. The van der Waals surface area contributed by atoms with Crippen molar-refractivity contribution in [1.82, 2.24) is 20.2 Å². The highest BCUT2D eigenvalue weighted by atomic mass is 16.2. The number of carbonyl (C=O) groups excluding carboxylic acids is 1. The summed E-state index contributed by atoms with van der Waals surface area (Å²) in [5.41, 5.74) is 3.16. The van der Waals surface area contributed by atoms with Crippen molar-refractivity contribution in [3.8, 4) is 0 Å². The molecule has 0 bridgehead atoms. The molecule has 1 atom stereocenters. The van der Waals surface area contributed by atoms with Gasteiger partial charge in [-0.05, 0) is 35.4 Å². The number of hydrogen-bond donors (Lipinski definition) is 1. The summed E-state index contributed by atoms with van der Waals surface area (Å²) in [6, 6.07) is 18.0. The molecule has 0 radical (unpaired) electrons. The Kier molecular flexibility index (Phi) is 6.12. The van der Waals surface area contributed by atoms with Gasteiger partial charge in [0.2, 0.25) is 5.91 Å². The average molecular weight is 387 g/mol. The topological polar surface area (TPSA) is 61.4 Å². The molecule has 1 fully saturated rings. The first kappa shape index (κ1) is 19.1. The van der Waals surface area contributed by atoms with E-state index in [9.17, 15) is 4.79 Å². The fourth-order valence-electron chi connectivity index (χ4n) is 3.72. The second-order valence-corrected chi connectivity index (χ2v) is 7.15. The zero-order chi connectivity index (χ0) is 19.9. The van der Waals surface area contributed by atoms with E-state index in [0.717, 1.165) is 29.9 Å². The molecule has 1 saturated heterocycles. The molecule has 1 amide bonds. The monoisotopic (exact) mass is 387 g/mol. The Bertz CT molecular complexity index is 904. The molecule has 1 N–H and O–H groups in total. The standard InChI is InChI=1S/C23H25N5O/c29-23(28-13-12-26-16-22(28)20-7-5-11-25-15-20)18-27(21-8-2-1-3-9-21)17-19-6-4-10-24-14-19/h1-11,14-15,22,26H,12-13,16-18H2. The predicted molar refractivity (Wildman–Crippen MR) is 113 cm³/mol. The maximum Gasteiger partial charge on any atom is 0.242 e. The van der Waals surface area contributed by atoms with Gasteiger partial charge in [0.1, 0.15) is 0 Å². The van der Waals surface area contributed by atoms with Gasteiger partial charge >= 0.3 is 0 Å². The summed E-state index contributed by atoms with van der Waals surface area (Å²) in [4.78, 5) is 25.9. The normalized spacial score (nSPS) is 16.4. The van der Waals surface area contributed by atoms with Gasteiger partial charge in [-0.15, -0.1) is 0 Å². The van der Waals surface area contributed by atoms with E-state index in [1.165, 1.54) is 0 Å². The van der Waals surface area contributed by atoms with Crippen molar-refractivity contribution < 1.29 is 4.79 Å². The van der Waals surface area contributed by atoms with Crippen molar-refractivity contribution in [2.45, 2.75) is 12.6 Å². The van der Waals surface area contributed by atoms with Crippen LogP contribution >= 0.6 is 0 Å². The zero-order valence-electron chi connectivity index (χ0n) is 16.3. The van der Waals surface area contributed by atoms with Crippen LogP contribution in [-0.2, 0) is 11.3 Å². The summed E-state index contributed by atoms with van der Waals surface area (Å²) < 4.78 is 0. The van der Waals surface area contributed by atoms with Crippen molar-refractivity contribution in [3.63, 3.8) is 0 Å². The van der Waals surface area contributed by atoms with E-state index in [2.05, 4.69) is 20.2 Å². The van der Waals surface area contributed by atoms with E-state index in [1.54, 1.807) is 12.4 Å². The number of piperazine rings is 1. The molecule has 0 saturated carbocycles. The second kappa shape index (κ2) is 9.30. The lowest BCUT2D eigenvalue weighted by Crippen LogP contribution is -2.51. The summed E-state index contributed by atoms with van der Waals surface area (Å²) in [5.74, 6) is 0.119. The van der Waals surface area contributed by atoms with Crippen molar-refractivity contribution in [3.05, 3.63) is 90.5 Å². The molecule has 3 aromatic rings. The molecule has 0 aliphatic carbocycles. The Labute approximate surface area is 171 Å². The molecule has 1 aromatic carbocycles. The van der Waals surface area contributed by atoms with E-state index in [0.29, 0.717) is 19.6 Å². The Hall–Kier alpha value is -3.25. The van der Waals surface area contributed by atoms with E-state index >= 15 is 0 Å². The first-order valence-corrected chi connectivity index (χ1v) is 9.90. The molecular formula is C23H25N5O. The molecule has 3 heterocycles. The average Bonchev–Trinajstić information content (AvgIpc) is 2.80. The summed E-state index contributed by atoms with van der Waals surface area (Å²) in [5, 5.41) is 3.40. The number of nitrogens with one attached hydrogen (secondary N) is 1. The SMILES string of the molecule is O=C(CN(Cc1cccnc1)c1ccccc1)N1CCNCC1c1cccnc1. The van der Waals surface area contributed by atoms with Gasteiger partial charge in [-0.3, -0.25) is 14.8 Å². The number of para-hydroxylation sites is 1. The zero-order valence-corrected chi connectivity index (χ0v) is 16.3. The number of nitrogens with zero attached hydrogens (tertiary/aromatic N) is 4. The molecular weight excluding hydrogens is 362 g/mol. The van der Waals surface area contributed by atoms with Gasteiger partial charge in [0.05, 0.1) is 12.6 Å². The molecule has 4 rings (SSSR count). The van der Waals surface area contributed by atoms with Crippen LogP contribution < -0.4 is 10.2 Å². The first-order valence-electron chi connectivity index (χ1n) is 9.90. The minimum absolute atomic E-state index is 0.000894. The summed E-state index contributed by atoms with van der Waals surface area (Å²) >= 11 is 0. The lowest BCUT2D eigenvalue weighted by atomic mass is 10.1. The van der Waals surface area contributed by atoms with Crippen LogP contribution in [0, 0.1) is 0 Å². The quantitative estimate of drug-likeness (QED) is 0.705. The fraction of sp³-hybridized carbons (Fsp3) is 0.261. The molecule has 1 unspecified atom stereocenters. The Morgan fingerprint density at radius 2 is 1.83 bits per heavy atom. The van der Waals surface area contributed by atoms with E-state index in [-0.39, 0.29) is 11.9 Å². The van der Waals surface area contributed by atoms with Crippen molar-refractivity contribution in [1.29, 1.82) is 0 Å². The summed E-state index contributed by atoms with van der Waals surface area (Å²) in [6.45, 7) is 3.18. The van der Waals surface area contributed by atoms with Crippen LogP contribution in [0.3, 0.4) is 0 Å². The van der Waals surface area contributed by atoms with Crippen LogP contribution in [0.4, 0.5) is 5.69 Å². The van der Waals surface area contributed by atoms with E-state index in [4.69, 9.17) is 0 Å². The van der Waals surface area contributed by atoms with Crippen LogP contribution in [0.25, 0.3) is 0 Å². The van der Waals surface area contributed by atoms with Gasteiger partial charge in [-0.25, -0.2) is 0 Å². The van der Waals surface area contributed by atoms with Crippen LogP contribution in [0.15, 0.2) is 79.4 Å². The predicted octanol–water partition coefficient (Wildman–Crippen LogP) is 2.66. The Balaban J connectivity index is 1.55. The molecule has 0 spiro atoms. The summed E-state index contributed by atoms with van der Waals surface area (Å²) in [7, 11) is 0. The van der Waals surface area contributed by atoms with Crippen LogP contribution in [0.2, 0.25) is 0 Å². The third kappa shape index (κ3) is 4.78. The lowest BCUT2D eigenvalue weighted by Gasteiger charge is -2.38. The molecule has 148 valence electrons. The number of hydrogen-bond acceptors (Lipinski definition) is 5. The van der Waals surface area contributed by atoms with Crippen molar-refractivity contribution in [2.75, 3.05) is 31.1 Å². The molecule has 29 heavy (non-hydrogen) atoms. The smallest absolute Gasteiger partial charge is 0.242 e. The second-order valence-electron chi connectivity index (χ2n) is 7.15.